The molecular formula is C8H13N3O2S. The lowest BCUT2D eigenvalue weighted by atomic mass is 10.7. The Labute approximate surface area is 83.5 Å². The van der Waals surface area contributed by atoms with Crippen LogP contribution >= 0.6 is 0 Å². The number of sulfonamides is 1. The van der Waals surface area contributed by atoms with E-state index in [1.165, 1.54) is 12.3 Å². The SMILES string of the molecule is C=CCNS(=O)(=O)c1cn(C)c(C)n1. The van der Waals surface area contributed by atoms with Gasteiger partial charge in [-0.25, -0.2) is 18.1 Å². The number of hydrogen-bond acceptors (Lipinski definition) is 3. The molecule has 0 bridgehead atoms. The van der Waals surface area contributed by atoms with Crippen LogP contribution in [-0.4, -0.2) is 24.5 Å². The van der Waals surface area contributed by atoms with Gasteiger partial charge in [-0.15, -0.1) is 6.58 Å². The lowest BCUT2D eigenvalue weighted by Crippen LogP contribution is -2.23. The van der Waals surface area contributed by atoms with E-state index in [2.05, 4.69) is 16.3 Å². The number of nitrogens with zero attached hydrogens (tertiary/aromatic N) is 2. The fraction of sp³-hybridized carbons (Fsp3) is 0.375. The first-order valence-corrected chi connectivity index (χ1v) is 5.56. The molecule has 0 aromatic carbocycles. The molecule has 0 aliphatic carbocycles. The van der Waals surface area contributed by atoms with Crippen LogP contribution in [0, 0.1) is 6.92 Å². The lowest BCUT2D eigenvalue weighted by molar-refractivity contribution is 0.582. The Kier molecular flexibility index (Phi) is 3.07. The van der Waals surface area contributed by atoms with Gasteiger partial charge in [0.05, 0.1) is 0 Å². The fourth-order valence-electron chi connectivity index (χ4n) is 0.898. The molecule has 78 valence electrons. The number of hydrogen-bond donors (Lipinski definition) is 1. The van der Waals surface area contributed by atoms with Crippen molar-refractivity contribution in [1.29, 1.82) is 0 Å². The number of nitrogens with one attached hydrogen (secondary N) is 1. The normalized spacial score (nSPS) is 11.6. The minimum absolute atomic E-state index is 0.0411. The second-order valence-corrected chi connectivity index (χ2v) is 4.59. The highest BCUT2D eigenvalue weighted by Crippen LogP contribution is 2.06. The maximum atomic E-state index is 11.5. The molecule has 0 aliphatic heterocycles. The molecule has 1 aromatic rings. The Bertz CT molecular complexity index is 414. The molecule has 1 heterocycles. The largest absolute Gasteiger partial charge is 0.337 e. The number of aryl methyl sites for hydroxylation is 2. The zero-order valence-electron chi connectivity index (χ0n) is 8.19. The molecule has 1 rings (SSSR count). The average molecular weight is 215 g/mol. The zero-order chi connectivity index (χ0) is 10.8. The lowest BCUT2D eigenvalue weighted by Gasteiger charge is -1.99. The Morgan fingerprint density at radius 2 is 2.36 bits per heavy atom. The van der Waals surface area contributed by atoms with Crippen molar-refractivity contribution < 1.29 is 8.42 Å². The average Bonchev–Trinajstić information content (AvgIpc) is 2.45. The summed E-state index contributed by atoms with van der Waals surface area (Å²) < 4.78 is 27.0. The fourth-order valence-corrected chi connectivity index (χ4v) is 1.93. The molecular weight excluding hydrogens is 202 g/mol. The molecule has 0 amide bonds. The van der Waals surface area contributed by atoms with Crippen molar-refractivity contribution >= 4 is 10.0 Å². The highest BCUT2D eigenvalue weighted by Gasteiger charge is 2.16. The summed E-state index contributed by atoms with van der Waals surface area (Å²) in [4.78, 5) is 3.91. The topological polar surface area (TPSA) is 64.0 Å². The third-order valence-corrected chi connectivity index (χ3v) is 3.07. The number of aromatic nitrogens is 2. The monoisotopic (exact) mass is 215 g/mol. The van der Waals surface area contributed by atoms with Crippen molar-refractivity contribution in [3.8, 4) is 0 Å². The van der Waals surface area contributed by atoms with Crippen LogP contribution in [0.5, 0.6) is 0 Å². The van der Waals surface area contributed by atoms with Crippen LogP contribution < -0.4 is 4.72 Å². The molecule has 5 nitrogen and oxygen atoms in total. The predicted molar refractivity (Wildman–Crippen MR) is 53.3 cm³/mol. The van der Waals surface area contributed by atoms with Gasteiger partial charge < -0.3 is 4.57 Å². The van der Waals surface area contributed by atoms with E-state index in [9.17, 15) is 8.42 Å². The van der Waals surface area contributed by atoms with Crippen molar-refractivity contribution in [2.75, 3.05) is 6.54 Å². The van der Waals surface area contributed by atoms with E-state index in [-0.39, 0.29) is 11.6 Å². The van der Waals surface area contributed by atoms with Crippen LogP contribution in [0.3, 0.4) is 0 Å². The van der Waals surface area contributed by atoms with Crippen molar-refractivity contribution in [2.24, 2.45) is 7.05 Å². The Balaban J connectivity index is 2.98. The maximum absolute atomic E-state index is 11.5. The van der Waals surface area contributed by atoms with Gasteiger partial charge in [-0.05, 0) is 6.92 Å². The predicted octanol–water partition coefficient (Wildman–Crippen LogP) is 0.193. The van der Waals surface area contributed by atoms with Crippen molar-refractivity contribution in [3.05, 3.63) is 24.7 Å². The third-order valence-electron chi connectivity index (χ3n) is 1.78. The minimum atomic E-state index is -3.48. The van der Waals surface area contributed by atoms with Gasteiger partial charge in [-0.3, -0.25) is 0 Å². The Hall–Kier alpha value is -1.14. The van der Waals surface area contributed by atoms with Crippen molar-refractivity contribution in [1.82, 2.24) is 14.3 Å². The molecule has 0 fully saturated rings. The van der Waals surface area contributed by atoms with Gasteiger partial charge in [-0.2, -0.15) is 0 Å². The standard InChI is InChI=1S/C8H13N3O2S/c1-4-5-9-14(12,13)8-6-11(3)7(2)10-8/h4,6,9H,1,5H2,2-3H3. The first-order valence-electron chi connectivity index (χ1n) is 4.08. The summed E-state index contributed by atoms with van der Waals surface area (Å²) in [6, 6.07) is 0. The van der Waals surface area contributed by atoms with Crippen LogP contribution in [0.4, 0.5) is 0 Å². The summed E-state index contributed by atoms with van der Waals surface area (Å²) in [6.07, 6.45) is 2.95. The molecule has 0 spiro atoms. The minimum Gasteiger partial charge on any atom is -0.337 e. The van der Waals surface area contributed by atoms with Crippen molar-refractivity contribution in [3.63, 3.8) is 0 Å². The van der Waals surface area contributed by atoms with Crippen LogP contribution in [0.25, 0.3) is 0 Å². The van der Waals surface area contributed by atoms with E-state index >= 15 is 0 Å². The zero-order valence-corrected chi connectivity index (χ0v) is 9.00. The highest BCUT2D eigenvalue weighted by atomic mass is 32.2. The van der Waals surface area contributed by atoms with Gasteiger partial charge in [0.25, 0.3) is 10.0 Å². The van der Waals surface area contributed by atoms with Crippen molar-refractivity contribution in [2.45, 2.75) is 11.9 Å². The molecule has 14 heavy (non-hydrogen) atoms. The molecule has 0 unspecified atom stereocenters. The third kappa shape index (κ3) is 2.21. The molecule has 0 radical (unpaired) electrons. The summed E-state index contributed by atoms with van der Waals surface area (Å²) in [6.45, 7) is 5.38. The summed E-state index contributed by atoms with van der Waals surface area (Å²) in [7, 11) is -1.73. The van der Waals surface area contributed by atoms with E-state index in [1.807, 2.05) is 0 Å². The number of imidazole rings is 1. The van der Waals surface area contributed by atoms with Crippen LogP contribution in [0.15, 0.2) is 23.9 Å². The quantitative estimate of drug-likeness (QED) is 0.729. The van der Waals surface area contributed by atoms with Crippen LogP contribution in [-0.2, 0) is 17.1 Å². The van der Waals surface area contributed by atoms with Gasteiger partial charge in [0.15, 0.2) is 5.03 Å². The Morgan fingerprint density at radius 3 is 2.79 bits per heavy atom. The van der Waals surface area contributed by atoms with E-state index in [1.54, 1.807) is 18.5 Å². The van der Waals surface area contributed by atoms with Gasteiger partial charge in [0.1, 0.15) is 5.82 Å². The van der Waals surface area contributed by atoms with Crippen LogP contribution in [0.2, 0.25) is 0 Å². The molecule has 1 N–H and O–H groups in total. The molecule has 0 saturated carbocycles. The first kappa shape index (κ1) is 10.9. The van der Waals surface area contributed by atoms with E-state index in [4.69, 9.17) is 0 Å². The van der Waals surface area contributed by atoms with E-state index < -0.39 is 10.0 Å². The molecule has 0 saturated heterocycles. The van der Waals surface area contributed by atoms with E-state index in [0.717, 1.165) is 0 Å². The molecule has 6 heteroatoms. The Morgan fingerprint density at radius 1 is 1.71 bits per heavy atom. The summed E-state index contributed by atoms with van der Waals surface area (Å²) in [5, 5.41) is 0.0411. The smallest absolute Gasteiger partial charge is 0.259 e. The van der Waals surface area contributed by atoms with E-state index in [0.29, 0.717) is 5.82 Å². The van der Waals surface area contributed by atoms with Gasteiger partial charge >= 0.3 is 0 Å². The summed E-state index contributed by atoms with van der Waals surface area (Å²) >= 11 is 0. The van der Waals surface area contributed by atoms with Crippen LogP contribution in [0.1, 0.15) is 5.82 Å². The first-order chi connectivity index (χ1) is 6.47. The maximum Gasteiger partial charge on any atom is 0.259 e. The number of rotatable bonds is 4. The second-order valence-electron chi connectivity index (χ2n) is 2.88. The molecule has 1 aromatic heterocycles. The highest BCUT2D eigenvalue weighted by molar-refractivity contribution is 7.89. The molecule has 0 aliphatic rings. The van der Waals surface area contributed by atoms with Gasteiger partial charge in [-0.1, -0.05) is 6.08 Å². The molecule has 0 atom stereocenters. The van der Waals surface area contributed by atoms with Gasteiger partial charge in [0.2, 0.25) is 0 Å². The summed E-state index contributed by atoms with van der Waals surface area (Å²) in [5.74, 6) is 0.656. The second kappa shape index (κ2) is 3.93. The van der Waals surface area contributed by atoms with Gasteiger partial charge in [0, 0.05) is 19.8 Å². The summed E-state index contributed by atoms with van der Waals surface area (Å²) in [5.41, 5.74) is 0.